The monoisotopic (exact) mass is 219 g/mol. The molecule has 0 unspecified atom stereocenters. The van der Waals surface area contributed by atoms with Crippen LogP contribution in [0.5, 0.6) is 0 Å². The average Bonchev–Trinajstić information content (AvgIpc) is 2.15. The Hall–Kier alpha value is -0.880. The molecule has 0 radical (unpaired) electrons. The molecule has 6 heteroatoms. The number of hydrogen-bond acceptors (Lipinski definition) is 4. The van der Waals surface area contributed by atoms with Crippen LogP contribution in [0.4, 0.5) is 0 Å². The predicted octanol–water partition coefficient (Wildman–Crippen LogP) is 0.276. The molecule has 1 aliphatic rings. The van der Waals surface area contributed by atoms with Gasteiger partial charge in [0.1, 0.15) is 0 Å². The molecule has 0 aliphatic heterocycles. The highest BCUT2D eigenvalue weighted by Gasteiger charge is 2.26. The lowest BCUT2D eigenvalue weighted by Crippen LogP contribution is -2.22. The number of primary sulfonamides is 1. The van der Waals surface area contributed by atoms with Crippen LogP contribution in [0, 0.1) is 0 Å². The molecule has 80 valence electrons. The zero-order valence-corrected chi connectivity index (χ0v) is 8.76. The number of carbonyl (C=O) groups is 1. The van der Waals surface area contributed by atoms with Gasteiger partial charge in [-0.15, -0.1) is 0 Å². The van der Waals surface area contributed by atoms with E-state index in [0.717, 1.165) is 12.8 Å². The van der Waals surface area contributed by atoms with Gasteiger partial charge < -0.3 is 4.74 Å². The second-order valence-electron chi connectivity index (χ2n) is 3.15. The molecule has 1 rings (SSSR count). The van der Waals surface area contributed by atoms with Crippen molar-refractivity contribution in [1.29, 1.82) is 0 Å². The summed E-state index contributed by atoms with van der Waals surface area (Å²) in [6, 6.07) is 0. The minimum absolute atomic E-state index is 0.0376. The van der Waals surface area contributed by atoms with Crippen LogP contribution in [-0.2, 0) is 19.6 Å². The first-order chi connectivity index (χ1) is 6.46. The smallest absolute Gasteiger partial charge is 0.334 e. The number of sulfonamides is 1. The molecule has 1 aliphatic carbocycles. The Kier molecular flexibility index (Phi) is 3.28. The minimum atomic E-state index is -3.75. The lowest BCUT2D eigenvalue weighted by Gasteiger charge is -2.16. The molecule has 0 amide bonds. The number of nitrogens with two attached hydrogens (primary N) is 1. The molecule has 2 N–H and O–H groups in total. The van der Waals surface area contributed by atoms with Crippen molar-refractivity contribution >= 4 is 16.0 Å². The van der Waals surface area contributed by atoms with Gasteiger partial charge in [-0.2, -0.15) is 0 Å². The van der Waals surface area contributed by atoms with Gasteiger partial charge in [-0.05, 0) is 25.7 Å². The summed E-state index contributed by atoms with van der Waals surface area (Å²) in [7, 11) is -2.52. The van der Waals surface area contributed by atoms with Crippen molar-refractivity contribution in [3.8, 4) is 0 Å². The van der Waals surface area contributed by atoms with Crippen LogP contribution in [-0.4, -0.2) is 21.5 Å². The fourth-order valence-electron chi connectivity index (χ4n) is 1.53. The first-order valence-electron chi connectivity index (χ1n) is 4.30. The minimum Gasteiger partial charge on any atom is -0.466 e. The summed E-state index contributed by atoms with van der Waals surface area (Å²) in [4.78, 5) is 11.3. The third-order valence-electron chi connectivity index (χ3n) is 2.19. The normalized spacial score (nSPS) is 18.1. The Bertz CT molecular complexity index is 369. The fourth-order valence-corrected chi connectivity index (χ4v) is 2.49. The third-order valence-corrected chi connectivity index (χ3v) is 3.33. The van der Waals surface area contributed by atoms with Crippen LogP contribution in [0.15, 0.2) is 10.5 Å². The van der Waals surface area contributed by atoms with Crippen LogP contribution in [0.25, 0.3) is 0 Å². The number of ether oxygens (including phenoxy) is 1. The van der Waals surface area contributed by atoms with Crippen molar-refractivity contribution in [1.82, 2.24) is 0 Å². The number of hydrogen-bond donors (Lipinski definition) is 1. The zero-order valence-electron chi connectivity index (χ0n) is 7.95. The molecule has 14 heavy (non-hydrogen) atoms. The maximum atomic E-state index is 11.2. The van der Waals surface area contributed by atoms with Gasteiger partial charge in [-0.3, -0.25) is 0 Å². The van der Waals surface area contributed by atoms with Crippen LogP contribution in [0.2, 0.25) is 0 Å². The van der Waals surface area contributed by atoms with Crippen LogP contribution in [0.3, 0.4) is 0 Å². The van der Waals surface area contributed by atoms with Crippen molar-refractivity contribution in [2.75, 3.05) is 7.11 Å². The van der Waals surface area contributed by atoms with Crippen LogP contribution >= 0.6 is 0 Å². The van der Waals surface area contributed by atoms with Gasteiger partial charge in [-0.25, -0.2) is 18.4 Å². The maximum Gasteiger partial charge on any atom is 0.334 e. The summed E-state index contributed by atoms with van der Waals surface area (Å²) in [6.45, 7) is 0. The standard InChI is InChI=1S/C8H13NO4S/c1-13-8(10)6-4-2-3-5-7(6)14(9,11)12/h2-5H2,1H3,(H2,9,11,12). The van der Waals surface area contributed by atoms with Crippen molar-refractivity contribution in [3.05, 3.63) is 10.5 Å². The summed E-state index contributed by atoms with van der Waals surface area (Å²) in [5.74, 6) is -0.589. The van der Waals surface area contributed by atoms with Crippen LogP contribution in [0.1, 0.15) is 25.7 Å². The summed E-state index contributed by atoms with van der Waals surface area (Å²) in [5.41, 5.74) is 0.209. The quantitative estimate of drug-likeness (QED) is 0.675. The van der Waals surface area contributed by atoms with E-state index in [9.17, 15) is 13.2 Å². The van der Waals surface area contributed by atoms with Gasteiger partial charge in [0.15, 0.2) is 0 Å². The highest BCUT2D eigenvalue weighted by Crippen LogP contribution is 2.27. The molecule has 5 nitrogen and oxygen atoms in total. The topological polar surface area (TPSA) is 86.5 Å². The number of allylic oxidation sites excluding steroid dienone is 1. The summed E-state index contributed by atoms with van der Waals surface area (Å²) >= 11 is 0. The van der Waals surface area contributed by atoms with E-state index in [2.05, 4.69) is 4.74 Å². The average molecular weight is 219 g/mol. The van der Waals surface area contributed by atoms with Crippen molar-refractivity contribution in [2.45, 2.75) is 25.7 Å². The molecule has 0 bridgehead atoms. The second kappa shape index (κ2) is 4.10. The van der Waals surface area contributed by atoms with Crippen molar-refractivity contribution in [2.24, 2.45) is 5.14 Å². The summed E-state index contributed by atoms with van der Waals surface area (Å²) in [5, 5.41) is 5.00. The van der Waals surface area contributed by atoms with E-state index in [1.165, 1.54) is 7.11 Å². The first-order valence-corrected chi connectivity index (χ1v) is 5.84. The molecular weight excluding hydrogens is 206 g/mol. The highest BCUT2D eigenvalue weighted by atomic mass is 32.2. The van der Waals surface area contributed by atoms with Crippen molar-refractivity contribution in [3.63, 3.8) is 0 Å². The Morgan fingerprint density at radius 2 is 1.93 bits per heavy atom. The van der Waals surface area contributed by atoms with E-state index < -0.39 is 16.0 Å². The zero-order chi connectivity index (χ0) is 10.8. The first kappa shape index (κ1) is 11.2. The Balaban J connectivity index is 3.16. The summed E-state index contributed by atoms with van der Waals surface area (Å²) < 4.78 is 26.8. The molecule has 0 aromatic carbocycles. The Morgan fingerprint density at radius 1 is 1.36 bits per heavy atom. The molecule has 0 heterocycles. The molecule has 0 saturated carbocycles. The molecule has 0 atom stereocenters. The van der Waals surface area contributed by atoms with Gasteiger partial charge in [0.25, 0.3) is 0 Å². The molecule has 0 spiro atoms. The number of rotatable bonds is 2. The Labute approximate surface area is 83.0 Å². The van der Waals surface area contributed by atoms with Gasteiger partial charge in [0.05, 0.1) is 17.6 Å². The van der Waals surface area contributed by atoms with Crippen LogP contribution < -0.4 is 5.14 Å². The van der Waals surface area contributed by atoms with Gasteiger partial charge >= 0.3 is 5.97 Å². The Morgan fingerprint density at radius 3 is 2.43 bits per heavy atom. The SMILES string of the molecule is COC(=O)C1=C(S(N)(=O)=O)CCCC1. The van der Waals surface area contributed by atoms with E-state index in [1.807, 2.05) is 0 Å². The maximum absolute atomic E-state index is 11.2. The largest absolute Gasteiger partial charge is 0.466 e. The lowest BCUT2D eigenvalue weighted by molar-refractivity contribution is -0.136. The number of esters is 1. The van der Waals surface area contributed by atoms with E-state index >= 15 is 0 Å². The fraction of sp³-hybridized carbons (Fsp3) is 0.625. The van der Waals surface area contributed by atoms with E-state index in [0.29, 0.717) is 12.8 Å². The molecule has 0 fully saturated rings. The number of carbonyl (C=O) groups excluding carboxylic acids is 1. The molecule has 0 saturated heterocycles. The van der Waals surface area contributed by atoms with Gasteiger partial charge in [0.2, 0.25) is 10.0 Å². The number of methoxy groups -OCH3 is 1. The summed E-state index contributed by atoms with van der Waals surface area (Å²) in [6.07, 6.45) is 2.30. The van der Waals surface area contributed by atoms with Gasteiger partial charge in [0, 0.05) is 0 Å². The third kappa shape index (κ3) is 2.33. The van der Waals surface area contributed by atoms with E-state index in [-0.39, 0.29) is 10.5 Å². The van der Waals surface area contributed by atoms with Crippen molar-refractivity contribution < 1.29 is 17.9 Å². The van der Waals surface area contributed by atoms with E-state index in [1.54, 1.807) is 0 Å². The molecule has 0 aromatic rings. The van der Waals surface area contributed by atoms with Gasteiger partial charge in [-0.1, -0.05) is 0 Å². The molecule has 0 aromatic heterocycles. The highest BCUT2D eigenvalue weighted by molar-refractivity contribution is 7.93. The lowest BCUT2D eigenvalue weighted by atomic mass is 9.99. The predicted molar refractivity (Wildman–Crippen MR) is 50.6 cm³/mol. The van der Waals surface area contributed by atoms with E-state index in [4.69, 9.17) is 5.14 Å². The second-order valence-corrected chi connectivity index (χ2v) is 4.73. The molecular formula is C8H13NO4S.